The molecular formula is C47H64N10O8. The van der Waals surface area contributed by atoms with Crippen LogP contribution < -0.4 is 32.3 Å². The summed E-state index contributed by atoms with van der Waals surface area (Å²) in [7, 11) is 0. The Morgan fingerprint density at radius 1 is 0.846 bits per heavy atom. The smallest absolute Gasteiger partial charge is 0.246 e. The first kappa shape index (κ1) is 49.5. The van der Waals surface area contributed by atoms with Crippen molar-refractivity contribution in [1.82, 2.24) is 46.4 Å². The highest BCUT2D eigenvalue weighted by Crippen LogP contribution is 2.24. The van der Waals surface area contributed by atoms with Crippen molar-refractivity contribution in [3.63, 3.8) is 0 Å². The van der Waals surface area contributed by atoms with Gasteiger partial charge in [-0.15, -0.1) is 0 Å². The van der Waals surface area contributed by atoms with E-state index in [1.165, 1.54) is 24.3 Å². The summed E-state index contributed by atoms with van der Waals surface area (Å²) in [4.78, 5) is 106. The van der Waals surface area contributed by atoms with Gasteiger partial charge in [-0.25, -0.2) is 4.98 Å². The number of para-hydroxylation sites is 1. The lowest BCUT2D eigenvalue weighted by Gasteiger charge is -2.31. The minimum Gasteiger partial charge on any atom is -0.390 e. The summed E-state index contributed by atoms with van der Waals surface area (Å²) < 4.78 is 0. The van der Waals surface area contributed by atoms with Crippen LogP contribution in [0.3, 0.4) is 0 Å². The molecule has 0 aliphatic carbocycles. The van der Waals surface area contributed by atoms with Gasteiger partial charge in [-0.05, 0) is 48.3 Å². The monoisotopic (exact) mass is 896 g/mol. The van der Waals surface area contributed by atoms with Crippen molar-refractivity contribution in [2.45, 2.75) is 128 Å². The fraction of sp³-hybridized carbons (Fsp3) is 0.489. The third-order valence-electron chi connectivity index (χ3n) is 11.9. The predicted molar refractivity (Wildman–Crippen MR) is 243 cm³/mol. The third-order valence-corrected chi connectivity index (χ3v) is 11.9. The average molecular weight is 897 g/mol. The second-order valence-corrected chi connectivity index (χ2v) is 17.4. The highest BCUT2D eigenvalue weighted by Gasteiger charge is 2.40. The lowest BCUT2D eigenvalue weighted by Crippen LogP contribution is -2.59. The number of nitrogens with zero attached hydrogens (tertiary/aromatic N) is 2. The van der Waals surface area contributed by atoms with Gasteiger partial charge < -0.3 is 52.3 Å². The molecule has 1 unspecified atom stereocenters. The molecule has 10 N–H and O–H groups in total. The molecule has 0 bridgehead atoms. The number of aliphatic hydroxyl groups excluding tert-OH is 1. The number of fused-ring (bicyclic) bond motifs is 1. The van der Waals surface area contributed by atoms with Gasteiger partial charge in [0.05, 0.1) is 24.9 Å². The number of amides is 7. The van der Waals surface area contributed by atoms with Gasteiger partial charge in [0.2, 0.25) is 41.4 Å². The first-order valence-corrected chi connectivity index (χ1v) is 22.4. The highest BCUT2D eigenvalue weighted by atomic mass is 16.3. The van der Waals surface area contributed by atoms with Crippen LogP contribution in [0.25, 0.3) is 10.9 Å². The quantitative estimate of drug-likeness (QED) is 0.0524. The molecule has 0 spiro atoms. The number of nitrogens with two attached hydrogens (primary N) is 1. The number of hydrogen-bond acceptors (Lipinski definition) is 9. The molecule has 5 rings (SSSR count). The summed E-state index contributed by atoms with van der Waals surface area (Å²) in [6.45, 7) is 9.01. The number of carbonyl (C=O) groups is 7. The third kappa shape index (κ3) is 14.0. The van der Waals surface area contributed by atoms with Crippen LogP contribution in [0.15, 0.2) is 73.3 Å². The van der Waals surface area contributed by atoms with Crippen LogP contribution in [0.4, 0.5) is 0 Å². The first-order valence-electron chi connectivity index (χ1n) is 22.4. The molecule has 350 valence electrons. The van der Waals surface area contributed by atoms with Crippen LogP contribution in [-0.2, 0) is 52.8 Å². The van der Waals surface area contributed by atoms with E-state index in [2.05, 4.69) is 41.5 Å². The summed E-state index contributed by atoms with van der Waals surface area (Å²) in [5.74, 6) is -4.34. The Balaban J connectivity index is 1.35. The normalized spacial score (nSPS) is 17.0. The van der Waals surface area contributed by atoms with Gasteiger partial charge in [0, 0.05) is 61.7 Å². The molecule has 1 saturated heterocycles. The average Bonchev–Trinajstić information content (AvgIpc) is 4.06. The van der Waals surface area contributed by atoms with E-state index in [1.54, 1.807) is 37.4 Å². The van der Waals surface area contributed by atoms with Crippen LogP contribution >= 0.6 is 0 Å². The Morgan fingerprint density at radius 2 is 1.54 bits per heavy atom. The highest BCUT2D eigenvalue weighted by molar-refractivity contribution is 5.96. The van der Waals surface area contributed by atoms with Crippen molar-refractivity contribution >= 4 is 52.3 Å². The van der Waals surface area contributed by atoms with Crippen LogP contribution in [-0.4, -0.2) is 115 Å². The molecule has 18 heteroatoms. The molecule has 18 nitrogen and oxygen atoms in total. The van der Waals surface area contributed by atoms with E-state index < -0.39 is 90.1 Å². The SMILES string of the molecule is CC[C@H](C)[C@H](NC(=O)CC(O)[C@H](CC(C)C)NC(=O)[C@H](Cc1cnc[nH]1)NC(=O)[C@H](Cc1ccccc1)NC(=O)[C@@H]1CCCN1C(=O)[C@H](Cc1c[nH]c2ccccc12)NC(C)=O)C(N)=O. The summed E-state index contributed by atoms with van der Waals surface area (Å²) in [6, 6.07) is 10.4. The summed E-state index contributed by atoms with van der Waals surface area (Å²) in [6.07, 6.45) is 4.79. The maximum Gasteiger partial charge on any atom is 0.246 e. The van der Waals surface area contributed by atoms with E-state index in [4.69, 9.17) is 5.73 Å². The van der Waals surface area contributed by atoms with Gasteiger partial charge in [-0.1, -0.05) is 82.6 Å². The zero-order valence-electron chi connectivity index (χ0n) is 37.8. The zero-order valence-corrected chi connectivity index (χ0v) is 37.8. The van der Waals surface area contributed by atoms with E-state index in [0.717, 1.165) is 22.0 Å². The van der Waals surface area contributed by atoms with Gasteiger partial charge in [0.15, 0.2) is 0 Å². The molecule has 1 aliphatic heterocycles. The number of primary amides is 1. The molecule has 2 aromatic carbocycles. The van der Waals surface area contributed by atoms with Crippen molar-refractivity contribution in [3.05, 3.63) is 90.1 Å². The Labute approximate surface area is 379 Å². The van der Waals surface area contributed by atoms with Crippen LogP contribution in [0.1, 0.15) is 83.5 Å². The number of imidazole rings is 1. The largest absolute Gasteiger partial charge is 0.390 e. The standard InChI is InChI=1S/C47H64N10O8/c1-6-28(4)42(43(48)61)56-41(60)23-40(59)35(19-27(2)3)53-45(63)37(22-32-25-49-26-51-32)54-44(62)36(20-30-13-8-7-9-14-30)55-46(64)39-17-12-18-57(39)47(65)38(52-29(5)58)21-31-24-50-34-16-11-10-15-33(31)34/h7-11,13-16,24-28,35-40,42,50,59H,6,12,17-23H2,1-5H3,(H2,48,61)(H,49,51)(H,52,58)(H,53,63)(H,54,62)(H,55,64)(H,56,60)/t28-,35-,36-,37-,38-,39-,40?,42-/m0/s1. The topological polar surface area (TPSA) is 274 Å². The zero-order chi connectivity index (χ0) is 47.2. The number of carbonyl (C=O) groups excluding carboxylic acids is 7. The Bertz CT molecular complexity index is 2250. The van der Waals surface area contributed by atoms with Crippen LogP contribution in [0.5, 0.6) is 0 Å². The number of hydrogen-bond donors (Lipinski definition) is 9. The van der Waals surface area contributed by atoms with Crippen LogP contribution in [0, 0.1) is 11.8 Å². The van der Waals surface area contributed by atoms with E-state index in [-0.39, 0.29) is 44.1 Å². The number of rotatable bonds is 23. The Morgan fingerprint density at radius 3 is 2.20 bits per heavy atom. The molecule has 8 atom stereocenters. The molecule has 1 aliphatic rings. The lowest BCUT2D eigenvalue weighted by molar-refractivity contribution is -0.142. The number of aliphatic hydroxyl groups is 1. The molecule has 1 fully saturated rings. The van der Waals surface area contributed by atoms with Crippen molar-refractivity contribution in [3.8, 4) is 0 Å². The minimum atomic E-state index is -1.37. The second kappa shape index (κ2) is 23.4. The van der Waals surface area contributed by atoms with Gasteiger partial charge in [0.1, 0.15) is 30.2 Å². The van der Waals surface area contributed by atoms with Crippen molar-refractivity contribution in [1.29, 1.82) is 0 Å². The maximum atomic E-state index is 14.4. The molecule has 2 aromatic heterocycles. The fourth-order valence-corrected chi connectivity index (χ4v) is 8.29. The fourth-order valence-electron chi connectivity index (χ4n) is 8.29. The predicted octanol–water partition coefficient (Wildman–Crippen LogP) is 1.68. The summed E-state index contributed by atoms with van der Waals surface area (Å²) in [5, 5.41) is 26.2. The van der Waals surface area contributed by atoms with Crippen molar-refractivity contribution in [2.75, 3.05) is 6.54 Å². The molecule has 7 amide bonds. The Hall–Kier alpha value is -6.56. The number of H-pyrrole nitrogens is 2. The maximum absolute atomic E-state index is 14.4. The second-order valence-electron chi connectivity index (χ2n) is 17.4. The summed E-state index contributed by atoms with van der Waals surface area (Å²) >= 11 is 0. The Kier molecular flexibility index (Phi) is 17.8. The minimum absolute atomic E-state index is 0.0355. The molecule has 0 radical (unpaired) electrons. The molecule has 3 heterocycles. The van der Waals surface area contributed by atoms with Gasteiger partial charge in [-0.3, -0.25) is 33.6 Å². The van der Waals surface area contributed by atoms with Crippen molar-refractivity contribution < 1.29 is 38.7 Å². The molecule has 4 aromatic rings. The number of aromatic amines is 2. The number of benzene rings is 2. The lowest BCUT2D eigenvalue weighted by atomic mass is 9.95. The number of likely N-dealkylation sites (tertiary alicyclic amines) is 1. The van der Waals surface area contributed by atoms with E-state index >= 15 is 0 Å². The van der Waals surface area contributed by atoms with E-state index in [0.29, 0.717) is 25.0 Å². The number of aromatic nitrogens is 3. The van der Waals surface area contributed by atoms with Gasteiger partial charge >= 0.3 is 0 Å². The van der Waals surface area contributed by atoms with E-state index in [1.807, 2.05) is 51.1 Å². The molecule has 65 heavy (non-hydrogen) atoms. The van der Waals surface area contributed by atoms with Crippen LogP contribution in [0.2, 0.25) is 0 Å². The van der Waals surface area contributed by atoms with Gasteiger partial charge in [0.25, 0.3) is 0 Å². The molecule has 0 saturated carbocycles. The summed E-state index contributed by atoms with van der Waals surface area (Å²) in [5.41, 5.74) is 8.49. The molecular weight excluding hydrogens is 833 g/mol. The van der Waals surface area contributed by atoms with Crippen molar-refractivity contribution in [2.24, 2.45) is 17.6 Å². The number of nitrogens with one attached hydrogen (secondary N) is 7. The first-order chi connectivity index (χ1) is 31.0. The van der Waals surface area contributed by atoms with E-state index in [9.17, 15) is 38.7 Å². The van der Waals surface area contributed by atoms with Gasteiger partial charge in [-0.2, -0.15) is 0 Å².